The van der Waals surface area contributed by atoms with E-state index in [1.165, 1.54) is 0 Å². The van der Waals surface area contributed by atoms with Crippen molar-refractivity contribution in [3.8, 4) is 0 Å². The molecule has 12 heavy (non-hydrogen) atoms. The molecule has 1 rings (SSSR count). The van der Waals surface area contributed by atoms with Crippen LogP contribution >= 0.6 is 11.8 Å². The number of hydrogen-bond acceptors (Lipinski definition) is 2. The molecule has 2 heteroatoms. The third-order valence-corrected chi connectivity index (χ3v) is 2.99. The van der Waals surface area contributed by atoms with Gasteiger partial charge in [-0.2, -0.15) is 0 Å². The van der Waals surface area contributed by atoms with Crippen LogP contribution in [0.2, 0.25) is 0 Å². The van der Waals surface area contributed by atoms with Crippen molar-refractivity contribution < 1.29 is 0 Å². The van der Waals surface area contributed by atoms with Crippen LogP contribution in [0.1, 0.15) is 27.2 Å². The fraction of sp³-hybridized carbons (Fsp3) is 0.700. The van der Waals surface area contributed by atoms with E-state index in [0.29, 0.717) is 6.04 Å². The summed E-state index contributed by atoms with van der Waals surface area (Å²) in [5.74, 6) is 1.14. The van der Waals surface area contributed by atoms with Gasteiger partial charge in [-0.15, -0.1) is 11.8 Å². The molecule has 1 aliphatic heterocycles. The van der Waals surface area contributed by atoms with Crippen molar-refractivity contribution >= 4 is 17.3 Å². The van der Waals surface area contributed by atoms with Crippen LogP contribution in [-0.4, -0.2) is 17.3 Å². The molecule has 0 spiro atoms. The molecular formula is C10H17NS. The molecule has 68 valence electrons. The molecule has 0 bridgehead atoms. The highest BCUT2D eigenvalue weighted by Gasteiger charge is 2.27. The second-order valence-electron chi connectivity index (χ2n) is 3.74. The molecule has 0 saturated heterocycles. The minimum absolute atomic E-state index is 0.232. The Bertz CT molecular complexity index is 194. The van der Waals surface area contributed by atoms with Crippen LogP contribution in [0.5, 0.6) is 0 Å². The maximum atomic E-state index is 4.45. The highest BCUT2D eigenvalue weighted by Crippen LogP contribution is 2.30. The molecule has 1 atom stereocenters. The maximum Gasteiger partial charge on any atom is 0.0685 e. The first-order chi connectivity index (χ1) is 5.67. The molecule has 0 N–H and O–H groups in total. The van der Waals surface area contributed by atoms with Crippen molar-refractivity contribution in [3.05, 3.63) is 12.2 Å². The van der Waals surface area contributed by atoms with Gasteiger partial charge >= 0.3 is 0 Å². The number of hydrogen-bond donors (Lipinski definition) is 0. The fourth-order valence-electron chi connectivity index (χ4n) is 1.23. The fourth-order valence-corrected chi connectivity index (χ4v) is 2.25. The summed E-state index contributed by atoms with van der Waals surface area (Å²) in [5.41, 5.74) is 2.21. The number of thioether (sulfide) groups is 1. The molecule has 1 aliphatic rings. The van der Waals surface area contributed by atoms with Gasteiger partial charge in [-0.3, -0.25) is 4.99 Å². The molecule has 0 aliphatic carbocycles. The first kappa shape index (κ1) is 9.85. The van der Waals surface area contributed by atoms with E-state index in [1.54, 1.807) is 0 Å². The summed E-state index contributed by atoms with van der Waals surface area (Å²) in [6.07, 6.45) is 5.65. The molecule has 0 saturated carbocycles. The van der Waals surface area contributed by atoms with Gasteiger partial charge in [-0.05, 0) is 6.42 Å². The average molecular weight is 183 g/mol. The quantitative estimate of drug-likeness (QED) is 0.612. The van der Waals surface area contributed by atoms with Crippen LogP contribution in [-0.2, 0) is 0 Å². The summed E-state index contributed by atoms with van der Waals surface area (Å²) >= 11 is 1.82. The van der Waals surface area contributed by atoms with E-state index >= 15 is 0 Å². The molecule has 0 aromatic heterocycles. The lowest BCUT2D eigenvalue weighted by molar-refractivity contribution is 0.404. The molecule has 0 unspecified atom stereocenters. The number of aliphatic imine (C=N–C) groups is 1. The van der Waals surface area contributed by atoms with Crippen molar-refractivity contribution in [2.24, 2.45) is 10.4 Å². The third-order valence-electron chi connectivity index (χ3n) is 2.21. The van der Waals surface area contributed by atoms with Crippen LogP contribution in [0.25, 0.3) is 0 Å². The Labute approximate surface area is 79.3 Å². The van der Waals surface area contributed by atoms with Crippen LogP contribution in [0.15, 0.2) is 17.1 Å². The summed E-state index contributed by atoms with van der Waals surface area (Å²) in [6.45, 7) is 6.68. The predicted molar refractivity (Wildman–Crippen MR) is 58.0 cm³/mol. The van der Waals surface area contributed by atoms with E-state index in [2.05, 4.69) is 37.9 Å². The topological polar surface area (TPSA) is 12.4 Å². The normalized spacial score (nSPS) is 24.1. The molecule has 0 amide bonds. The zero-order valence-corrected chi connectivity index (χ0v) is 8.90. The van der Waals surface area contributed by atoms with Gasteiger partial charge < -0.3 is 0 Å². The van der Waals surface area contributed by atoms with E-state index in [-0.39, 0.29) is 5.41 Å². The van der Waals surface area contributed by atoms with Crippen molar-refractivity contribution in [1.82, 2.24) is 0 Å². The summed E-state index contributed by atoms with van der Waals surface area (Å²) in [7, 11) is 0. The lowest BCUT2D eigenvalue weighted by Crippen LogP contribution is -2.25. The molecule has 1 heterocycles. The second kappa shape index (κ2) is 4.13. The summed E-state index contributed by atoms with van der Waals surface area (Å²) in [4.78, 5) is 4.45. The highest BCUT2D eigenvalue weighted by atomic mass is 32.2. The van der Waals surface area contributed by atoms with Crippen LogP contribution < -0.4 is 0 Å². The van der Waals surface area contributed by atoms with Gasteiger partial charge in [0.15, 0.2) is 0 Å². The highest BCUT2D eigenvalue weighted by molar-refractivity contribution is 8.12. The molecule has 0 aromatic rings. The maximum absolute atomic E-state index is 4.45. The van der Waals surface area contributed by atoms with E-state index in [1.807, 2.05) is 17.3 Å². The lowest BCUT2D eigenvalue weighted by atomic mass is 9.85. The predicted octanol–water partition coefficient (Wildman–Crippen LogP) is 3.12. The first-order valence-corrected chi connectivity index (χ1v) is 5.52. The largest absolute Gasteiger partial charge is 0.281 e. The smallest absolute Gasteiger partial charge is 0.0685 e. The minimum atomic E-state index is 0.232. The summed E-state index contributed by atoms with van der Waals surface area (Å²) < 4.78 is 0. The Morgan fingerprint density at radius 3 is 2.92 bits per heavy atom. The van der Waals surface area contributed by atoms with E-state index in [0.717, 1.165) is 12.2 Å². The Balaban J connectivity index is 2.57. The number of rotatable bonds is 3. The minimum Gasteiger partial charge on any atom is -0.281 e. The lowest BCUT2D eigenvalue weighted by Gasteiger charge is -2.25. The van der Waals surface area contributed by atoms with Crippen molar-refractivity contribution in [1.29, 1.82) is 0 Å². The second-order valence-corrected chi connectivity index (χ2v) is 4.61. The Hall–Kier alpha value is -0.240. The van der Waals surface area contributed by atoms with Gasteiger partial charge in [0.1, 0.15) is 0 Å². The van der Waals surface area contributed by atoms with E-state index in [4.69, 9.17) is 0 Å². The van der Waals surface area contributed by atoms with E-state index in [9.17, 15) is 0 Å². The number of nitrogens with zero attached hydrogens (tertiary/aromatic N) is 1. The van der Waals surface area contributed by atoms with E-state index < -0.39 is 0 Å². The van der Waals surface area contributed by atoms with Crippen molar-refractivity contribution in [2.45, 2.75) is 33.2 Å². The Morgan fingerprint density at radius 2 is 2.42 bits per heavy atom. The van der Waals surface area contributed by atoms with Crippen LogP contribution in [0.3, 0.4) is 0 Å². The first-order valence-electron chi connectivity index (χ1n) is 4.48. The third kappa shape index (κ3) is 2.37. The summed E-state index contributed by atoms with van der Waals surface area (Å²) in [5, 5.41) is 0. The molecule has 0 fully saturated rings. The van der Waals surface area contributed by atoms with Gasteiger partial charge in [-0.1, -0.05) is 32.9 Å². The van der Waals surface area contributed by atoms with Crippen LogP contribution in [0.4, 0.5) is 0 Å². The van der Waals surface area contributed by atoms with Crippen LogP contribution in [0, 0.1) is 5.41 Å². The SMILES string of the molecule is CC/C=C\C(C)(C)[C@H]1CSC=N1. The number of allylic oxidation sites excluding steroid dienone is 1. The van der Waals surface area contributed by atoms with Gasteiger partial charge in [0.05, 0.1) is 11.6 Å². The Morgan fingerprint density at radius 1 is 1.67 bits per heavy atom. The van der Waals surface area contributed by atoms with Crippen molar-refractivity contribution in [3.63, 3.8) is 0 Å². The average Bonchev–Trinajstić information content (AvgIpc) is 2.53. The van der Waals surface area contributed by atoms with Crippen molar-refractivity contribution in [2.75, 3.05) is 5.75 Å². The zero-order valence-electron chi connectivity index (χ0n) is 8.08. The van der Waals surface area contributed by atoms with Gasteiger partial charge in [0.25, 0.3) is 0 Å². The van der Waals surface area contributed by atoms with Gasteiger partial charge in [-0.25, -0.2) is 0 Å². The molecule has 1 nitrogen and oxygen atoms in total. The molecule has 0 aromatic carbocycles. The summed E-state index contributed by atoms with van der Waals surface area (Å²) in [6, 6.07) is 0.477. The monoisotopic (exact) mass is 183 g/mol. The van der Waals surface area contributed by atoms with Gasteiger partial charge in [0.2, 0.25) is 0 Å². The Kier molecular flexibility index (Phi) is 3.39. The van der Waals surface area contributed by atoms with Gasteiger partial charge in [0, 0.05) is 11.2 Å². The molecule has 0 radical (unpaired) electrons. The standard InChI is InChI=1S/C10H17NS/c1-4-5-6-10(2,3)9-7-12-8-11-9/h5-6,8-9H,4,7H2,1-3H3/b6-5-/t9-/m1/s1. The zero-order chi connectivity index (χ0) is 9.03. The molecular weight excluding hydrogens is 166 g/mol.